The van der Waals surface area contributed by atoms with Gasteiger partial charge in [-0.15, -0.1) is 0 Å². The van der Waals surface area contributed by atoms with Gasteiger partial charge in [-0.3, -0.25) is 10.1 Å². The fraction of sp³-hybridized carbons (Fsp3) is 0.500. The van der Waals surface area contributed by atoms with E-state index in [0.717, 1.165) is 6.54 Å². The van der Waals surface area contributed by atoms with Crippen molar-refractivity contribution in [2.45, 2.75) is 6.04 Å². The van der Waals surface area contributed by atoms with Gasteiger partial charge in [0.05, 0.1) is 0 Å². The molecular formula is C10H17N3O2. The van der Waals surface area contributed by atoms with Gasteiger partial charge in [-0.25, -0.2) is 0 Å². The molecule has 0 spiro atoms. The average molecular weight is 211 g/mol. The molecule has 84 valence electrons. The van der Waals surface area contributed by atoms with Crippen LogP contribution in [0, 0.1) is 0 Å². The summed E-state index contributed by atoms with van der Waals surface area (Å²) in [6.45, 7) is 1.45. The number of rotatable bonds is 6. The summed E-state index contributed by atoms with van der Waals surface area (Å²) in [6.07, 6.45) is 1.72. The molecule has 0 aliphatic carbocycles. The van der Waals surface area contributed by atoms with E-state index in [2.05, 4.69) is 10.3 Å². The standard InChI is InChI=1S/C10H17N3O2/c1-13(2)7-6-12-9(10(14)15)8-4-3-5-11-8/h3-5,9,11-12H,6-7H2,1-2H3,(H,14,15). The topological polar surface area (TPSA) is 68.4 Å². The van der Waals surface area contributed by atoms with Gasteiger partial charge in [-0.2, -0.15) is 0 Å². The first-order valence-electron chi connectivity index (χ1n) is 4.85. The fourth-order valence-corrected chi connectivity index (χ4v) is 1.29. The third-order valence-corrected chi connectivity index (χ3v) is 2.09. The minimum Gasteiger partial charge on any atom is -0.480 e. The van der Waals surface area contributed by atoms with Crippen molar-refractivity contribution in [1.29, 1.82) is 0 Å². The number of H-pyrrole nitrogens is 1. The number of hydrogen-bond acceptors (Lipinski definition) is 3. The highest BCUT2D eigenvalue weighted by molar-refractivity contribution is 5.74. The lowest BCUT2D eigenvalue weighted by molar-refractivity contribution is -0.139. The second kappa shape index (κ2) is 5.53. The maximum absolute atomic E-state index is 11.0. The molecule has 0 radical (unpaired) electrons. The van der Waals surface area contributed by atoms with E-state index in [4.69, 9.17) is 5.11 Å². The van der Waals surface area contributed by atoms with Crippen molar-refractivity contribution in [3.05, 3.63) is 24.0 Å². The van der Waals surface area contributed by atoms with Gasteiger partial charge in [0.15, 0.2) is 0 Å². The smallest absolute Gasteiger partial charge is 0.326 e. The molecule has 0 aliphatic rings. The zero-order chi connectivity index (χ0) is 11.3. The van der Waals surface area contributed by atoms with Crippen molar-refractivity contribution in [2.75, 3.05) is 27.2 Å². The van der Waals surface area contributed by atoms with Gasteiger partial charge in [0.2, 0.25) is 0 Å². The number of aromatic amines is 1. The van der Waals surface area contributed by atoms with Crippen molar-refractivity contribution in [3.63, 3.8) is 0 Å². The number of carboxylic acids is 1. The maximum Gasteiger partial charge on any atom is 0.326 e. The highest BCUT2D eigenvalue weighted by Gasteiger charge is 2.19. The van der Waals surface area contributed by atoms with Crippen LogP contribution in [0.25, 0.3) is 0 Å². The van der Waals surface area contributed by atoms with Gasteiger partial charge < -0.3 is 15.0 Å². The maximum atomic E-state index is 11.0. The van der Waals surface area contributed by atoms with Gasteiger partial charge >= 0.3 is 5.97 Å². The fourth-order valence-electron chi connectivity index (χ4n) is 1.29. The Bertz CT molecular complexity index is 296. The summed E-state index contributed by atoms with van der Waals surface area (Å²) in [5.74, 6) is -0.865. The minimum absolute atomic E-state index is 0.642. The summed E-state index contributed by atoms with van der Waals surface area (Å²) < 4.78 is 0. The van der Waals surface area contributed by atoms with E-state index < -0.39 is 12.0 Å². The first kappa shape index (κ1) is 11.7. The molecular weight excluding hydrogens is 194 g/mol. The van der Waals surface area contributed by atoms with Crippen LogP contribution < -0.4 is 5.32 Å². The van der Waals surface area contributed by atoms with E-state index in [1.54, 1.807) is 18.3 Å². The Morgan fingerprint density at radius 3 is 2.87 bits per heavy atom. The monoisotopic (exact) mass is 211 g/mol. The number of aliphatic carboxylic acids is 1. The lowest BCUT2D eigenvalue weighted by atomic mass is 10.2. The van der Waals surface area contributed by atoms with Crippen LogP contribution in [0.15, 0.2) is 18.3 Å². The number of carboxylic acid groups (broad SMARTS) is 1. The zero-order valence-corrected chi connectivity index (χ0v) is 9.03. The summed E-state index contributed by atoms with van der Waals surface area (Å²) in [4.78, 5) is 15.9. The first-order valence-corrected chi connectivity index (χ1v) is 4.85. The average Bonchev–Trinajstić information content (AvgIpc) is 2.63. The van der Waals surface area contributed by atoms with Crippen LogP contribution in [0.3, 0.4) is 0 Å². The number of nitrogens with zero attached hydrogens (tertiary/aromatic N) is 1. The van der Waals surface area contributed by atoms with E-state index >= 15 is 0 Å². The van der Waals surface area contributed by atoms with Crippen molar-refractivity contribution in [1.82, 2.24) is 15.2 Å². The Morgan fingerprint density at radius 2 is 2.40 bits per heavy atom. The van der Waals surface area contributed by atoms with Gasteiger partial charge in [-0.1, -0.05) is 0 Å². The van der Waals surface area contributed by atoms with Gasteiger partial charge in [0.25, 0.3) is 0 Å². The van der Waals surface area contributed by atoms with Crippen LogP contribution in [0.2, 0.25) is 0 Å². The number of nitrogens with one attached hydrogen (secondary N) is 2. The van der Waals surface area contributed by atoms with E-state index in [-0.39, 0.29) is 0 Å². The lowest BCUT2D eigenvalue weighted by Gasteiger charge is -2.15. The van der Waals surface area contributed by atoms with Crippen molar-refractivity contribution in [3.8, 4) is 0 Å². The second-order valence-electron chi connectivity index (χ2n) is 3.65. The van der Waals surface area contributed by atoms with E-state index in [1.807, 2.05) is 19.0 Å². The van der Waals surface area contributed by atoms with Crippen LogP contribution in [0.1, 0.15) is 11.7 Å². The third-order valence-electron chi connectivity index (χ3n) is 2.09. The molecule has 0 aromatic carbocycles. The van der Waals surface area contributed by atoms with Crippen molar-refractivity contribution in [2.24, 2.45) is 0 Å². The molecule has 0 aliphatic heterocycles. The molecule has 0 fully saturated rings. The molecule has 0 amide bonds. The van der Waals surface area contributed by atoms with Crippen molar-refractivity contribution < 1.29 is 9.90 Å². The zero-order valence-electron chi connectivity index (χ0n) is 9.03. The highest BCUT2D eigenvalue weighted by atomic mass is 16.4. The van der Waals surface area contributed by atoms with Gasteiger partial charge in [0, 0.05) is 25.0 Å². The molecule has 15 heavy (non-hydrogen) atoms. The van der Waals surface area contributed by atoms with Crippen LogP contribution in [-0.4, -0.2) is 48.1 Å². The molecule has 1 unspecified atom stereocenters. The SMILES string of the molecule is CN(C)CCNC(C(=O)O)c1ccc[nH]1. The summed E-state index contributed by atoms with van der Waals surface area (Å²) in [7, 11) is 3.90. The molecule has 0 saturated heterocycles. The first-order chi connectivity index (χ1) is 7.11. The summed E-state index contributed by atoms with van der Waals surface area (Å²) >= 11 is 0. The molecule has 0 bridgehead atoms. The number of carbonyl (C=O) groups is 1. The second-order valence-corrected chi connectivity index (χ2v) is 3.65. The molecule has 1 aromatic heterocycles. The molecule has 0 saturated carbocycles. The molecule has 1 aromatic rings. The number of aromatic nitrogens is 1. The predicted molar refractivity (Wildman–Crippen MR) is 57.7 cm³/mol. The Hall–Kier alpha value is -1.33. The Morgan fingerprint density at radius 1 is 1.67 bits per heavy atom. The van der Waals surface area contributed by atoms with E-state index in [0.29, 0.717) is 12.2 Å². The molecule has 3 N–H and O–H groups in total. The van der Waals surface area contributed by atoms with Crippen LogP contribution >= 0.6 is 0 Å². The molecule has 1 atom stereocenters. The van der Waals surface area contributed by atoms with Crippen LogP contribution in [0.5, 0.6) is 0 Å². The Labute approximate surface area is 89.1 Å². The molecule has 1 rings (SSSR count). The summed E-state index contributed by atoms with van der Waals surface area (Å²) in [5.41, 5.74) is 0.682. The Kier molecular flexibility index (Phi) is 4.33. The molecule has 5 heteroatoms. The summed E-state index contributed by atoms with van der Waals surface area (Å²) in [5, 5.41) is 12.0. The van der Waals surface area contributed by atoms with Crippen LogP contribution in [0.4, 0.5) is 0 Å². The summed E-state index contributed by atoms with van der Waals surface area (Å²) in [6, 6.07) is 2.90. The van der Waals surface area contributed by atoms with E-state index in [9.17, 15) is 4.79 Å². The van der Waals surface area contributed by atoms with E-state index in [1.165, 1.54) is 0 Å². The number of hydrogen-bond donors (Lipinski definition) is 3. The normalized spacial score (nSPS) is 13.0. The molecule has 5 nitrogen and oxygen atoms in total. The third kappa shape index (κ3) is 3.73. The van der Waals surface area contributed by atoms with Crippen LogP contribution in [-0.2, 0) is 4.79 Å². The highest BCUT2D eigenvalue weighted by Crippen LogP contribution is 2.09. The van der Waals surface area contributed by atoms with Gasteiger partial charge in [0.1, 0.15) is 6.04 Å². The lowest BCUT2D eigenvalue weighted by Crippen LogP contribution is -2.34. The molecule has 1 heterocycles. The minimum atomic E-state index is -0.865. The van der Waals surface area contributed by atoms with Crippen molar-refractivity contribution >= 4 is 5.97 Å². The predicted octanol–water partition coefficient (Wildman–Crippen LogP) is 0.292. The largest absolute Gasteiger partial charge is 0.480 e. The van der Waals surface area contributed by atoms with Gasteiger partial charge in [-0.05, 0) is 26.2 Å². The quantitative estimate of drug-likeness (QED) is 0.632. The number of likely N-dealkylation sites (N-methyl/N-ethyl adjacent to an activating group) is 1. The Balaban J connectivity index is 2.49.